The molecule has 2 aromatic carbocycles. The van der Waals surface area contributed by atoms with E-state index in [0.717, 1.165) is 11.3 Å². The minimum atomic E-state index is -0.470. The number of fused-ring (bicyclic) bond motifs is 1. The van der Waals surface area contributed by atoms with Crippen molar-refractivity contribution < 1.29 is 23.5 Å². The molecule has 0 unspecified atom stereocenters. The highest BCUT2D eigenvalue weighted by Crippen LogP contribution is 2.32. The Kier molecular flexibility index (Phi) is 5.75. The zero-order chi connectivity index (χ0) is 22.8. The van der Waals surface area contributed by atoms with E-state index in [2.05, 4.69) is 10.3 Å². The molecular weight excluding hydrogens is 425 g/mol. The van der Waals surface area contributed by atoms with Crippen molar-refractivity contribution in [3.8, 4) is 11.5 Å². The van der Waals surface area contributed by atoms with E-state index < -0.39 is 11.7 Å². The number of pyridine rings is 1. The highest BCUT2D eigenvalue weighted by molar-refractivity contribution is 6.05. The Bertz CT molecular complexity index is 1220. The fraction of sp³-hybridized carbons (Fsp3) is 0.240. The van der Waals surface area contributed by atoms with Crippen molar-refractivity contribution in [2.45, 2.75) is 12.8 Å². The normalized spacial score (nSPS) is 15.3. The molecule has 2 heterocycles. The summed E-state index contributed by atoms with van der Waals surface area (Å²) in [5.41, 5.74) is 2.93. The number of ketones is 1. The summed E-state index contributed by atoms with van der Waals surface area (Å²) in [5, 5.41) is 2.81. The van der Waals surface area contributed by atoms with Crippen molar-refractivity contribution in [2.24, 2.45) is 0 Å². The van der Waals surface area contributed by atoms with Crippen LogP contribution in [-0.4, -0.2) is 43.0 Å². The van der Waals surface area contributed by atoms with E-state index >= 15 is 0 Å². The number of benzene rings is 2. The largest absolute Gasteiger partial charge is 0.457 e. The molecular formula is C25H22FN3O4. The Hall–Kier alpha value is -3.78. The Labute approximate surface area is 190 Å². The molecule has 0 bridgehead atoms. The number of morpholine rings is 1. The monoisotopic (exact) mass is 447 g/mol. The number of nitrogens with one attached hydrogen (secondary N) is 1. The molecule has 1 aromatic heterocycles. The average molecular weight is 447 g/mol. The van der Waals surface area contributed by atoms with Gasteiger partial charge in [-0.15, -0.1) is 0 Å². The summed E-state index contributed by atoms with van der Waals surface area (Å²) in [6, 6.07) is 13.0. The van der Waals surface area contributed by atoms with Crippen LogP contribution in [0.25, 0.3) is 0 Å². The van der Waals surface area contributed by atoms with Crippen molar-refractivity contribution in [1.82, 2.24) is 4.98 Å². The number of ether oxygens (including phenoxy) is 2. The van der Waals surface area contributed by atoms with Gasteiger partial charge in [0.2, 0.25) is 0 Å². The predicted octanol–water partition coefficient (Wildman–Crippen LogP) is 3.77. The second-order valence-corrected chi connectivity index (χ2v) is 8.01. The standard InChI is InChI=1S/C25H22FN3O4/c26-17-10-16(11-19(12-17)29-6-8-32-9-7-29)25(31)28-18-2-1-3-21(13-18)33-24-4-5-27-23-15-20(30)14-22(23)24/h1-5,10-13H,6-9,14-15H2,(H,28,31). The highest BCUT2D eigenvalue weighted by Gasteiger charge is 2.23. The second-order valence-electron chi connectivity index (χ2n) is 8.01. The maximum absolute atomic E-state index is 14.2. The molecule has 2 aliphatic rings. The third kappa shape index (κ3) is 4.70. The molecule has 1 aliphatic carbocycles. The van der Waals surface area contributed by atoms with Gasteiger partial charge >= 0.3 is 0 Å². The summed E-state index contributed by atoms with van der Waals surface area (Å²) in [6.45, 7) is 2.43. The van der Waals surface area contributed by atoms with Gasteiger partial charge in [-0.2, -0.15) is 0 Å². The van der Waals surface area contributed by atoms with Crippen molar-refractivity contribution in [3.63, 3.8) is 0 Å². The molecule has 1 amide bonds. The lowest BCUT2D eigenvalue weighted by atomic mass is 10.1. The van der Waals surface area contributed by atoms with Gasteiger partial charge in [0, 0.05) is 60.7 Å². The van der Waals surface area contributed by atoms with Gasteiger partial charge < -0.3 is 19.7 Å². The van der Waals surface area contributed by atoms with Crippen molar-refractivity contribution in [1.29, 1.82) is 0 Å². The minimum absolute atomic E-state index is 0.112. The number of carbonyl (C=O) groups excluding carboxylic acids is 2. The first-order valence-corrected chi connectivity index (χ1v) is 10.8. The molecule has 1 aliphatic heterocycles. The van der Waals surface area contributed by atoms with Gasteiger partial charge in [-0.25, -0.2) is 4.39 Å². The van der Waals surface area contributed by atoms with Gasteiger partial charge in [0.15, 0.2) is 0 Å². The van der Waals surface area contributed by atoms with Gasteiger partial charge in [0.1, 0.15) is 23.1 Å². The topological polar surface area (TPSA) is 80.8 Å². The first-order valence-electron chi connectivity index (χ1n) is 10.8. The number of aromatic nitrogens is 1. The molecule has 5 rings (SSSR count). The van der Waals surface area contributed by atoms with Gasteiger partial charge in [0.05, 0.1) is 18.9 Å². The SMILES string of the molecule is O=C1Cc2nccc(Oc3cccc(NC(=O)c4cc(F)cc(N5CCOCC5)c4)c3)c2C1. The number of hydrogen-bond acceptors (Lipinski definition) is 6. The lowest BCUT2D eigenvalue weighted by Gasteiger charge is -2.29. The van der Waals surface area contributed by atoms with Crippen LogP contribution in [0.1, 0.15) is 21.6 Å². The number of rotatable bonds is 5. The number of carbonyl (C=O) groups is 2. The molecule has 1 fully saturated rings. The van der Waals surface area contributed by atoms with Crippen LogP contribution in [0.15, 0.2) is 54.7 Å². The molecule has 168 valence electrons. The van der Waals surface area contributed by atoms with Crippen LogP contribution in [0.5, 0.6) is 11.5 Å². The van der Waals surface area contributed by atoms with E-state index in [0.29, 0.717) is 62.0 Å². The van der Waals surface area contributed by atoms with E-state index in [-0.39, 0.29) is 11.3 Å². The maximum Gasteiger partial charge on any atom is 0.255 e. The van der Waals surface area contributed by atoms with Crippen LogP contribution in [0, 0.1) is 5.82 Å². The Morgan fingerprint density at radius 2 is 1.94 bits per heavy atom. The Morgan fingerprint density at radius 3 is 2.79 bits per heavy atom. The summed E-state index contributed by atoms with van der Waals surface area (Å²) in [4.78, 5) is 30.9. The van der Waals surface area contributed by atoms with Crippen LogP contribution in [0.2, 0.25) is 0 Å². The average Bonchev–Trinajstić information content (AvgIpc) is 3.21. The summed E-state index contributed by atoms with van der Waals surface area (Å²) in [5.74, 6) is 0.309. The smallest absolute Gasteiger partial charge is 0.255 e. The van der Waals surface area contributed by atoms with E-state index in [1.165, 1.54) is 12.1 Å². The molecule has 8 heteroatoms. The predicted molar refractivity (Wildman–Crippen MR) is 121 cm³/mol. The summed E-state index contributed by atoms with van der Waals surface area (Å²) >= 11 is 0. The number of nitrogens with zero attached hydrogens (tertiary/aromatic N) is 2. The number of hydrogen-bond donors (Lipinski definition) is 1. The van der Waals surface area contributed by atoms with Crippen LogP contribution >= 0.6 is 0 Å². The van der Waals surface area contributed by atoms with E-state index in [1.54, 1.807) is 42.6 Å². The highest BCUT2D eigenvalue weighted by atomic mass is 19.1. The zero-order valence-corrected chi connectivity index (χ0v) is 17.8. The number of amides is 1. The quantitative estimate of drug-likeness (QED) is 0.641. The van der Waals surface area contributed by atoms with E-state index in [4.69, 9.17) is 9.47 Å². The molecule has 0 saturated carbocycles. The molecule has 1 saturated heterocycles. The Morgan fingerprint density at radius 1 is 1.09 bits per heavy atom. The van der Waals surface area contributed by atoms with Crippen molar-refractivity contribution in [2.75, 3.05) is 36.5 Å². The maximum atomic E-state index is 14.2. The lowest BCUT2D eigenvalue weighted by Crippen LogP contribution is -2.36. The van der Waals surface area contributed by atoms with E-state index in [1.807, 2.05) is 4.90 Å². The fourth-order valence-corrected chi connectivity index (χ4v) is 4.08. The summed E-state index contributed by atoms with van der Waals surface area (Å²) in [7, 11) is 0. The fourth-order valence-electron chi connectivity index (χ4n) is 4.08. The Balaban J connectivity index is 1.32. The number of Topliss-reactive ketones (excluding diaryl/α,β-unsaturated/α-hetero) is 1. The first-order chi connectivity index (χ1) is 16.0. The summed E-state index contributed by atoms with van der Waals surface area (Å²) in [6.07, 6.45) is 2.25. The molecule has 3 aromatic rings. The molecule has 1 N–H and O–H groups in total. The van der Waals surface area contributed by atoms with Crippen LogP contribution in [-0.2, 0) is 22.4 Å². The molecule has 0 spiro atoms. The molecule has 0 radical (unpaired) electrons. The number of halogens is 1. The van der Waals surface area contributed by atoms with Gasteiger partial charge in [-0.3, -0.25) is 14.6 Å². The number of anilines is 2. The third-order valence-corrected chi connectivity index (χ3v) is 5.68. The molecule has 0 atom stereocenters. The minimum Gasteiger partial charge on any atom is -0.457 e. The second kappa shape index (κ2) is 8.99. The van der Waals surface area contributed by atoms with Gasteiger partial charge in [-0.1, -0.05) is 6.07 Å². The van der Waals surface area contributed by atoms with Gasteiger partial charge in [0.25, 0.3) is 5.91 Å². The van der Waals surface area contributed by atoms with Crippen LogP contribution in [0.4, 0.5) is 15.8 Å². The van der Waals surface area contributed by atoms with Crippen molar-refractivity contribution >= 4 is 23.1 Å². The van der Waals surface area contributed by atoms with Crippen LogP contribution in [0.3, 0.4) is 0 Å². The van der Waals surface area contributed by atoms with Gasteiger partial charge in [-0.05, 0) is 36.4 Å². The zero-order valence-electron chi connectivity index (χ0n) is 17.8. The molecule has 33 heavy (non-hydrogen) atoms. The van der Waals surface area contributed by atoms with Crippen molar-refractivity contribution in [3.05, 3.63) is 77.4 Å². The lowest BCUT2D eigenvalue weighted by molar-refractivity contribution is -0.117. The van der Waals surface area contributed by atoms with Crippen LogP contribution < -0.4 is 15.0 Å². The summed E-state index contributed by atoms with van der Waals surface area (Å²) < 4.78 is 25.6. The first kappa shape index (κ1) is 21.1. The van der Waals surface area contributed by atoms with E-state index in [9.17, 15) is 14.0 Å². The third-order valence-electron chi connectivity index (χ3n) is 5.68. The molecule has 7 nitrogen and oxygen atoms in total.